The summed E-state index contributed by atoms with van der Waals surface area (Å²) in [5.74, 6) is 0. The van der Waals surface area contributed by atoms with E-state index in [1.165, 1.54) is 0 Å². The van der Waals surface area contributed by atoms with E-state index in [2.05, 4.69) is 27.5 Å². The number of rotatable bonds is 5. The summed E-state index contributed by atoms with van der Waals surface area (Å²) >= 11 is 1.59. The van der Waals surface area contributed by atoms with Crippen LogP contribution in [-0.2, 0) is 13.1 Å². The first-order valence-corrected chi connectivity index (χ1v) is 5.79. The lowest BCUT2D eigenvalue weighted by Crippen LogP contribution is -2.11. The molecule has 0 aliphatic rings. The van der Waals surface area contributed by atoms with Gasteiger partial charge in [-0.25, -0.2) is 9.67 Å². The van der Waals surface area contributed by atoms with Crippen LogP contribution in [0.15, 0.2) is 17.1 Å². The van der Waals surface area contributed by atoms with E-state index >= 15 is 0 Å². The van der Waals surface area contributed by atoms with E-state index < -0.39 is 0 Å². The Balaban J connectivity index is 1.95. The topological polar surface area (TPSA) is 55.6 Å². The van der Waals surface area contributed by atoms with Crippen molar-refractivity contribution in [3.63, 3.8) is 0 Å². The molecule has 0 amide bonds. The summed E-state index contributed by atoms with van der Waals surface area (Å²) in [7, 11) is 0. The highest BCUT2D eigenvalue weighted by Crippen LogP contribution is 2.03. The summed E-state index contributed by atoms with van der Waals surface area (Å²) in [5.41, 5.74) is 3.82. The number of thiazole rings is 1. The summed E-state index contributed by atoms with van der Waals surface area (Å²) in [6, 6.07) is 0. The van der Waals surface area contributed by atoms with Crippen LogP contribution in [0.2, 0.25) is 0 Å². The van der Waals surface area contributed by atoms with Crippen LogP contribution in [0, 0.1) is 0 Å². The van der Waals surface area contributed by atoms with E-state index in [9.17, 15) is 0 Å². The fourth-order valence-corrected chi connectivity index (χ4v) is 1.78. The van der Waals surface area contributed by atoms with Gasteiger partial charge in [0, 0.05) is 11.9 Å². The number of hydrogen-bond donors (Lipinski definition) is 1. The Morgan fingerprint density at radius 2 is 2.40 bits per heavy atom. The molecule has 0 radical (unpaired) electrons. The van der Waals surface area contributed by atoms with Gasteiger partial charge in [0.25, 0.3) is 0 Å². The maximum absolute atomic E-state index is 4.20. The molecule has 2 aromatic rings. The van der Waals surface area contributed by atoms with Crippen molar-refractivity contribution < 1.29 is 0 Å². The van der Waals surface area contributed by atoms with Gasteiger partial charge in [-0.3, -0.25) is 0 Å². The van der Waals surface area contributed by atoms with Gasteiger partial charge in [0.05, 0.1) is 29.6 Å². The molecule has 1 N–H and O–H groups in total. The third-order valence-corrected chi connectivity index (χ3v) is 2.58. The predicted molar refractivity (Wildman–Crippen MR) is 58.6 cm³/mol. The molecule has 80 valence electrons. The van der Waals surface area contributed by atoms with Crippen molar-refractivity contribution in [1.82, 2.24) is 25.3 Å². The number of aromatic nitrogens is 4. The first-order chi connectivity index (χ1) is 7.38. The summed E-state index contributed by atoms with van der Waals surface area (Å²) in [4.78, 5) is 4.20. The Bertz CT molecular complexity index is 394. The number of nitrogens with one attached hydrogen (secondary N) is 1. The molecule has 2 heterocycles. The van der Waals surface area contributed by atoms with E-state index in [0.717, 1.165) is 24.5 Å². The van der Waals surface area contributed by atoms with Gasteiger partial charge in [-0.15, -0.1) is 16.4 Å². The fraction of sp³-hybridized carbons (Fsp3) is 0.444. The van der Waals surface area contributed by atoms with Crippen LogP contribution >= 0.6 is 11.3 Å². The van der Waals surface area contributed by atoms with Crippen LogP contribution in [0.3, 0.4) is 0 Å². The quantitative estimate of drug-likeness (QED) is 0.818. The summed E-state index contributed by atoms with van der Waals surface area (Å²) < 4.78 is 1.81. The lowest BCUT2D eigenvalue weighted by Gasteiger charge is -1.95. The molecule has 2 aromatic heterocycles. The SMILES string of the molecule is CCNCc1cn(Cc2cscn2)nn1. The third kappa shape index (κ3) is 2.84. The van der Waals surface area contributed by atoms with Gasteiger partial charge in [0.2, 0.25) is 0 Å². The molecule has 5 nitrogen and oxygen atoms in total. The van der Waals surface area contributed by atoms with E-state index in [-0.39, 0.29) is 0 Å². The van der Waals surface area contributed by atoms with E-state index in [0.29, 0.717) is 6.54 Å². The maximum atomic E-state index is 4.20. The highest BCUT2D eigenvalue weighted by atomic mass is 32.1. The van der Waals surface area contributed by atoms with Gasteiger partial charge in [-0.1, -0.05) is 12.1 Å². The van der Waals surface area contributed by atoms with Gasteiger partial charge in [0.15, 0.2) is 0 Å². The van der Waals surface area contributed by atoms with E-state index in [1.807, 2.05) is 21.8 Å². The zero-order valence-corrected chi connectivity index (χ0v) is 9.37. The van der Waals surface area contributed by atoms with Gasteiger partial charge in [-0.2, -0.15) is 0 Å². The monoisotopic (exact) mass is 223 g/mol. The molecule has 0 aliphatic carbocycles. The zero-order valence-electron chi connectivity index (χ0n) is 8.55. The molecule has 0 aliphatic heterocycles. The highest BCUT2D eigenvalue weighted by molar-refractivity contribution is 7.07. The van der Waals surface area contributed by atoms with Crippen molar-refractivity contribution in [3.8, 4) is 0 Å². The average molecular weight is 223 g/mol. The number of hydrogen-bond acceptors (Lipinski definition) is 5. The Hall–Kier alpha value is -1.27. The normalized spacial score (nSPS) is 10.7. The van der Waals surface area contributed by atoms with Gasteiger partial charge < -0.3 is 5.32 Å². The maximum Gasteiger partial charge on any atom is 0.0964 e. The second-order valence-electron chi connectivity index (χ2n) is 3.17. The van der Waals surface area contributed by atoms with Crippen LogP contribution < -0.4 is 5.32 Å². The molecule has 0 spiro atoms. The molecule has 0 unspecified atom stereocenters. The third-order valence-electron chi connectivity index (χ3n) is 1.95. The van der Waals surface area contributed by atoms with Crippen LogP contribution in [0.5, 0.6) is 0 Å². The molecular weight excluding hydrogens is 210 g/mol. The molecule has 0 atom stereocenters. The Labute approximate surface area is 92.2 Å². The fourth-order valence-electron chi connectivity index (χ4n) is 1.23. The van der Waals surface area contributed by atoms with E-state index in [1.54, 1.807) is 11.3 Å². The van der Waals surface area contributed by atoms with Gasteiger partial charge >= 0.3 is 0 Å². The molecule has 6 heteroatoms. The minimum atomic E-state index is 0.697. The molecule has 0 saturated heterocycles. The molecule has 0 bridgehead atoms. The minimum Gasteiger partial charge on any atom is -0.311 e. The van der Waals surface area contributed by atoms with Crippen molar-refractivity contribution in [2.45, 2.75) is 20.0 Å². The summed E-state index contributed by atoms with van der Waals surface area (Å²) in [5, 5.41) is 13.3. The molecule has 15 heavy (non-hydrogen) atoms. The average Bonchev–Trinajstić information content (AvgIpc) is 2.87. The smallest absolute Gasteiger partial charge is 0.0964 e. The predicted octanol–water partition coefficient (Wildman–Crippen LogP) is 0.892. The van der Waals surface area contributed by atoms with Crippen molar-refractivity contribution in [1.29, 1.82) is 0 Å². The molecule has 2 rings (SSSR count). The largest absolute Gasteiger partial charge is 0.311 e. The number of nitrogens with zero attached hydrogens (tertiary/aromatic N) is 4. The van der Waals surface area contributed by atoms with Gasteiger partial charge in [-0.05, 0) is 6.54 Å². The molecule has 0 fully saturated rings. The van der Waals surface area contributed by atoms with Crippen molar-refractivity contribution in [2.24, 2.45) is 0 Å². The van der Waals surface area contributed by atoms with Crippen LogP contribution in [-0.4, -0.2) is 26.5 Å². The summed E-state index contributed by atoms with van der Waals surface area (Å²) in [6.07, 6.45) is 1.95. The standard InChI is InChI=1S/C9H13N5S/c1-2-10-3-8-4-14(13-12-8)5-9-6-15-7-11-9/h4,6-7,10H,2-3,5H2,1H3. The minimum absolute atomic E-state index is 0.697. The molecule has 0 saturated carbocycles. The Morgan fingerprint density at radius 3 is 3.13 bits per heavy atom. The first-order valence-electron chi connectivity index (χ1n) is 4.85. The van der Waals surface area contributed by atoms with Crippen LogP contribution in [0.1, 0.15) is 18.3 Å². The highest BCUT2D eigenvalue weighted by Gasteiger charge is 2.01. The lowest BCUT2D eigenvalue weighted by atomic mass is 10.4. The second-order valence-corrected chi connectivity index (χ2v) is 3.89. The van der Waals surface area contributed by atoms with E-state index in [4.69, 9.17) is 0 Å². The Morgan fingerprint density at radius 1 is 1.47 bits per heavy atom. The van der Waals surface area contributed by atoms with Crippen molar-refractivity contribution >= 4 is 11.3 Å². The van der Waals surface area contributed by atoms with Crippen molar-refractivity contribution in [3.05, 3.63) is 28.5 Å². The second kappa shape index (κ2) is 4.99. The molecule has 0 aromatic carbocycles. The van der Waals surface area contributed by atoms with Crippen LogP contribution in [0.25, 0.3) is 0 Å². The first kappa shape index (κ1) is 10.3. The Kier molecular flexibility index (Phi) is 3.41. The van der Waals surface area contributed by atoms with Crippen molar-refractivity contribution in [2.75, 3.05) is 6.54 Å². The van der Waals surface area contributed by atoms with Gasteiger partial charge in [0.1, 0.15) is 0 Å². The molecular formula is C9H13N5S. The lowest BCUT2D eigenvalue weighted by molar-refractivity contribution is 0.639. The zero-order chi connectivity index (χ0) is 10.5. The van der Waals surface area contributed by atoms with Crippen LogP contribution in [0.4, 0.5) is 0 Å². The summed E-state index contributed by atoms with van der Waals surface area (Å²) in [6.45, 7) is 4.48.